The number of nitrogens with zero attached hydrogens (tertiary/aromatic N) is 3. The van der Waals surface area contributed by atoms with Gasteiger partial charge in [0, 0.05) is 51.3 Å². The van der Waals surface area contributed by atoms with E-state index in [1.54, 1.807) is 37.6 Å². The van der Waals surface area contributed by atoms with Gasteiger partial charge in [-0.05, 0) is 115 Å². The SMILES string of the molecule is COc1ccc(COc2ccc(Oc3c(C)cc(C=CC(=O)N4CCN(Cc5ccc(CC(C)Oc6ccc(F)cc6)cc5)CC4)cc3C)nc2)cc1. The highest BCUT2D eigenvalue weighted by Gasteiger charge is 2.20. The quantitative estimate of drug-likeness (QED) is 0.107. The highest BCUT2D eigenvalue weighted by Crippen LogP contribution is 2.30. The Morgan fingerprint density at radius 1 is 0.811 bits per heavy atom. The van der Waals surface area contributed by atoms with Crippen molar-refractivity contribution in [3.05, 3.63) is 149 Å². The predicted octanol–water partition coefficient (Wildman–Crippen LogP) is 8.59. The summed E-state index contributed by atoms with van der Waals surface area (Å²) in [7, 11) is 1.64. The zero-order valence-electron chi connectivity index (χ0n) is 30.8. The van der Waals surface area contributed by atoms with Crippen molar-refractivity contribution in [3.63, 3.8) is 0 Å². The summed E-state index contributed by atoms with van der Waals surface area (Å²) < 4.78 is 36.3. The van der Waals surface area contributed by atoms with Crippen LogP contribution in [0.4, 0.5) is 4.39 Å². The van der Waals surface area contributed by atoms with E-state index in [1.165, 1.54) is 23.3 Å². The molecule has 8 nitrogen and oxygen atoms in total. The van der Waals surface area contributed by atoms with Crippen LogP contribution in [0.3, 0.4) is 0 Å². The van der Waals surface area contributed by atoms with E-state index in [1.807, 2.05) is 74.2 Å². The molecule has 1 atom stereocenters. The fourth-order valence-corrected chi connectivity index (χ4v) is 6.30. The van der Waals surface area contributed by atoms with Crippen LogP contribution in [-0.4, -0.2) is 60.1 Å². The second-order valence-corrected chi connectivity index (χ2v) is 13.4. The third-order valence-corrected chi connectivity index (χ3v) is 9.17. The Morgan fingerprint density at radius 3 is 2.08 bits per heavy atom. The minimum absolute atomic E-state index is 0.0140. The summed E-state index contributed by atoms with van der Waals surface area (Å²) in [6.45, 7) is 10.3. The number of pyridine rings is 1. The average molecular weight is 716 g/mol. The molecule has 0 bridgehead atoms. The Bertz CT molecular complexity index is 1950. The van der Waals surface area contributed by atoms with Crippen LogP contribution in [0.25, 0.3) is 6.08 Å². The van der Waals surface area contributed by atoms with Gasteiger partial charge >= 0.3 is 0 Å². The number of rotatable bonds is 14. The van der Waals surface area contributed by atoms with Gasteiger partial charge in [0.2, 0.25) is 11.8 Å². The number of carbonyl (C=O) groups is 1. The first-order valence-electron chi connectivity index (χ1n) is 17.9. The smallest absolute Gasteiger partial charge is 0.246 e. The van der Waals surface area contributed by atoms with E-state index in [9.17, 15) is 9.18 Å². The molecule has 0 spiro atoms. The Kier molecular flexibility index (Phi) is 12.4. The number of benzene rings is 4. The van der Waals surface area contributed by atoms with E-state index >= 15 is 0 Å². The lowest BCUT2D eigenvalue weighted by Gasteiger charge is -2.34. The minimum Gasteiger partial charge on any atom is -0.497 e. The van der Waals surface area contributed by atoms with Crippen molar-refractivity contribution in [2.75, 3.05) is 33.3 Å². The van der Waals surface area contributed by atoms with Crippen molar-refractivity contribution in [2.45, 2.75) is 46.4 Å². The molecule has 0 radical (unpaired) electrons. The summed E-state index contributed by atoms with van der Waals surface area (Å²) in [6.07, 6.45) is 5.92. The molecule has 1 unspecified atom stereocenters. The Balaban J connectivity index is 0.936. The minimum atomic E-state index is -0.271. The zero-order valence-corrected chi connectivity index (χ0v) is 30.8. The van der Waals surface area contributed by atoms with Crippen molar-refractivity contribution in [1.29, 1.82) is 0 Å². The number of hydrogen-bond acceptors (Lipinski definition) is 7. The molecule has 1 aliphatic rings. The second kappa shape index (κ2) is 17.7. The van der Waals surface area contributed by atoms with E-state index in [-0.39, 0.29) is 17.8 Å². The molecule has 6 rings (SSSR count). The van der Waals surface area contributed by atoms with Crippen molar-refractivity contribution >= 4 is 12.0 Å². The molecule has 274 valence electrons. The normalized spacial score (nSPS) is 13.9. The van der Waals surface area contributed by atoms with Crippen molar-refractivity contribution < 1.29 is 28.1 Å². The van der Waals surface area contributed by atoms with Gasteiger partial charge in [-0.1, -0.05) is 36.4 Å². The van der Waals surface area contributed by atoms with Gasteiger partial charge in [-0.3, -0.25) is 9.69 Å². The molecule has 1 aromatic heterocycles. The Hall–Kier alpha value is -5.67. The van der Waals surface area contributed by atoms with Gasteiger partial charge in [-0.15, -0.1) is 0 Å². The summed E-state index contributed by atoms with van der Waals surface area (Å²) in [6, 6.07) is 30.1. The van der Waals surface area contributed by atoms with Gasteiger partial charge in [0.1, 0.15) is 35.4 Å². The topological polar surface area (TPSA) is 73.4 Å². The van der Waals surface area contributed by atoms with Crippen LogP contribution < -0.4 is 18.9 Å². The third-order valence-electron chi connectivity index (χ3n) is 9.17. The van der Waals surface area contributed by atoms with Gasteiger partial charge in [-0.2, -0.15) is 0 Å². The number of methoxy groups -OCH3 is 1. The van der Waals surface area contributed by atoms with Crippen molar-refractivity contribution in [1.82, 2.24) is 14.8 Å². The first kappa shape index (κ1) is 37.1. The molecule has 2 heterocycles. The number of aromatic nitrogens is 1. The molecular weight excluding hydrogens is 669 g/mol. The monoisotopic (exact) mass is 715 g/mol. The second-order valence-electron chi connectivity index (χ2n) is 13.4. The highest BCUT2D eigenvalue weighted by atomic mass is 19.1. The van der Waals surface area contributed by atoms with E-state index in [4.69, 9.17) is 18.9 Å². The van der Waals surface area contributed by atoms with Crippen LogP contribution in [0.5, 0.6) is 28.9 Å². The predicted molar refractivity (Wildman–Crippen MR) is 205 cm³/mol. The van der Waals surface area contributed by atoms with Gasteiger partial charge in [0.15, 0.2) is 0 Å². The summed E-state index contributed by atoms with van der Waals surface area (Å²) in [5.41, 5.74) is 6.30. The molecule has 53 heavy (non-hydrogen) atoms. The molecule has 0 N–H and O–H groups in total. The summed E-state index contributed by atoms with van der Waals surface area (Å²) in [4.78, 5) is 21.8. The summed E-state index contributed by atoms with van der Waals surface area (Å²) in [5.74, 6) is 3.08. The van der Waals surface area contributed by atoms with E-state index in [2.05, 4.69) is 34.1 Å². The first-order valence-corrected chi connectivity index (χ1v) is 17.9. The molecular formula is C44H46FN3O5. The number of carbonyl (C=O) groups excluding carboxylic acids is 1. The molecule has 1 saturated heterocycles. The maximum Gasteiger partial charge on any atom is 0.246 e. The number of aryl methyl sites for hydroxylation is 2. The standard InChI is InChI=1S/C44H46FN3O5/c1-31-25-37(26-32(2)44(31)53-42-19-18-41(28-46-42)51-30-36-9-14-39(50-4)15-10-36)11-20-43(49)48-23-21-47(22-24-48)29-35-7-5-34(6-8-35)27-33(3)52-40-16-12-38(45)13-17-40/h5-20,25-26,28,33H,21-24,27,29-30H2,1-4H3. The Labute approximate surface area is 311 Å². The van der Waals surface area contributed by atoms with Gasteiger partial charge in [0.05, 0.1) is 19.4 Å². The summed E-state index contributed by atoms with van der Waals surface area (Å²) >= 11 is 0. The molecule has 4 aromatic carbocycles. The lowest BCUT2D eigenvalue weighted by atomic mass is 10.0. The van der Waals surface area contributed by atoms with E-state index in [0.717, 1.165) is 59.8 Å². The lowest BCUT2D eigenvalue weighted by Crippen LogP contribution is -2.47. The van der Waals surface area contributed by atoms with Crippen LogP contribution in [-0.2, 0) is 24.4 Å². The summed E-state index contributed by atoms with van der Waals surface area (Å²) in [5, 5.41) is 0. The van der Waals surface area contributed by atoms with E-state index in [0.29, 0.717) is 37.1 Å². The van der Waals surface area contributed by atoms with Gasteiger partial charge in [0.25, 0.3) is 0 Å². The first-order chi connectivity index (χ1) is 25.7. The number of piperazine rings is 1. The maximum absolute atomic E-state index is 13.2. The number of hydrogen-bond donors (Lipinski definition) is 0. The number of amides is 1. The van der Waals surface area contributed by atoms with Crippen LogP contribution in [0.2, 0.25) is 0 Å². The lowest BCUT2D eigenvalue weighted by molar-refractivity contribution is -0.127. The average Bonchev–Trinajstić information content (AvgIpc) is 3.17. The van der Waals surface area contributed by atoms with Crippen LogP contribution in [0.15, 0.2) is 109 Å². The van der Waals surface area contributed by atoms with Gasteiger partial charge < -0.3 is 23.8 Å². The number of halogens is 1. The van der Waals surface area contributed by atoms with E-state index < -0.39 is 0 Å². The molecule has 0 aliphatic carbocycles. The Morgan fingerprint density at radius 2 is 1.43 bits per heavy atom. The zero-order chi connectivity index (χ0) is 37.2. The van der Waals surface area contributed by atoms with Crippen LogP contribution in [0.1, 0.15) is 40.3 Å². The molecule has 1 amide bonds. The molecule has 1 aliphatic heterocycles. The number of ether oxygens (including phenoxy) is 4. The molecule has 0 saturated carbocycles. The largest absolute Gasteiger partial charge is 0.497 e. The maximum atomic E-state index is 13.2. The van der Waals surface area contributed by atoms with Crippen molar-refractivity contribution in [2.24, 2.45) is 0 Å². The third kappa shape index (κ3) is 10.7. The highest BCUT2D eigenvalue weighted by molar-refractivity contribution is 5.92. The van der Waals surface area contributed by atoms with Crippen LogP contribution >= 0.6 is 0 Å². The van der Waals surface area contributed by atoms with Crippen LogP contribution in [0, 0.1) is 19.7 Å². The molecule has 1 fully saturated rings. The fourth-order valence-electron chi connectivity index (χ4n) is 6.30. The fraction of sp³-hybridized carbons (Fsp3) is 0.273. The van der Waals surface area contributed by atoms with Gasteiger partial charge in [-0.25, -0.2) is 9.37 Å². The van der Waals surface area contributed by atoms with Crippen molar-refractivity contribution in [3.8, 4) is 28.9 Å². The molecule has 9 heteroatoms. The molecule has 5 aromatic rings.